The van der Waals surface area contributed by atoms with E-state index in [9.17, 15) is 27.2 Å². The minimum Gasteiger partial charge on any atom is -0.338 e. The SMILES string of the molecule is CCn1c(=O)cc(Cl)c2nc(Nc3ccccc3C)c(NC(=O)c3cc(F)cc(C(F)(F)F)c3)cc21. The molecule has 0 bridgehead atoms. The van der Waals surface area contributed by atoms with Crippen LogP contribution in [0.3, 0.4) is 0 Å². The highest BCUT2D eigenvalue weighted by Crippen LogP contribution is 2.33. The second-order valence-corrected chi connectivity index (χ2v) is 8.35. The fraction of sp³-hybridized carbons (Fsp3) is 0.160. The lowest BCUT2D eigenvalue weighted by Crippen LogP contribution is -2.20. The van der Waals surface area contributed by atoms with Gasteiger partial charge in [0.25, 0.3) is 11.5 Å². The van der Waals surface area contributed by atoms with Crippen LogP contribution in [0.25, 0.3) is 11.0 Å². The number of alkyl halides is 3. The number of hydrogen-bond acceptors (Lipinski definition) is 4. The van der Waals surface area contributed by atoms with Crippen molar-refractivity contribution in [3.63, 3.8) is 0 Å². The molecule has 2 heterocycles. The molecule has 11 heteroatoms. The van der Waals surface area contributed by atoms with Crippen molar-refractivity contribution in [1.29, 1.82) is 0 Å². The number of amides is 1. The number of rotatable bonds is 5. The number of halogens is 5. The lowest BCUT2D eigenvalue weighted by Gasteiger charge is -2.17. The van der Waals surface area contributed by atoms with E-state index in [1.54, 1.807) is 19.1 Å². The predicted octanol–water partition coefficient (Wildman–Crippen LogP) is 6.53. The Morgan fingerprint density at radius 2 is 1.81 bits per heavy atom. The second kappa shape index (κ2) is 9.62. The lowest BCUT2D eigenvalue weighted by molar-refractivity contribution is -0.137. The first-order valence-corrected chi connectivity index (χ1v) is 11.1. The summed E-state index contributed by atoms with van der Waals surface area (Å²) in [5.74, 6) is -2.08. The number of hydrogen-bond donors (Lipinski definition) is 2. The average molecular weight is 519 g/mol. The molecule has 0 saturated carbocycles. The highest BCUT2D eigenvalue weighted by atomic mass is 35.5. The van der Waals surface area contributed by atoms with Gasteiger partial charge in [-0.25, -0.2) is 9.37 Å². The normalized spacial score (nSPS) is 11.5. The maximum absolute atomic E-state index is 13.9. The summed E-state index contributed by atoms with van der Waals surface area (Å²) in [7, 11) is 0. The van der Waals surface area contributed by atoms with Crippen LogP contribution >= 0.6 is 11.6 Å². The van der Waals surface area contributed by atoms with Crippen molar-refractivity contribution in [3.05, 3.63) is 92.5 Å². The molecule has 0 saturated heterocycles. The molecule has 0 aliphatic heterocycles. The third-order valence-electron chi connectivity index (χ3n) is 5.49. The molecule has 0 radical (unpaired) electrons. The van der Waals surface area contributed by atoms with Crippen LogP contribution in [0.1, 0.15) is 28.4 Å². The van der Waals surface area contributed by atoms with Crippen LogP contribution in [0.4, 0.5) is 34.8 Å². The molecule has 4 rings (SSSR count). The Hall–Kier alpha value is -3.92. The van der Waals surface area contributed by atoms with Crippen LogP contribution in [0, 0.1) is 12.7 Å². The largest absolute Gasteiger partial charge is 0.416 e. The summed E-state index contributed by atoms with van der Waals surface area (Å²) in [5, 5.41) is 5.68. The summed E-state index contributed by atoms with van der Waals surface area (Å²) in [6, 6.07) is 11.5. The molecule has 6 nitrogen and oxygen atoms in total. The van der Waals surface area contributed by atoms with Gasteiger partial charge >= 0.3 is 6.18 Å². The molecule has 36 heavy (non-hydrogen) atoms. The third kappa shape index (κ3) is 5.03. The van der Waals surface area contributed by atoms with Gasteiger partial charge < -0.3 is 15.2 Å². The topological polar surface area (TPSA) is 76.0 Å². The molecule has 2 aromatic heterocycles. The Morgan fingerprint density at radius 1 is 1.08 bits per heavy atom. The number of nitrogens with zero attached hydrogens (tertiary/aromatic N) is 2. The highest BCUT2D eigenvalue weighted by molar-refractivity contribution is 6.35. The summed E-state index contributed by atoms with van der Waals surface area (Å²) < 4.78 is 54.7. The minimum atomic E-state index is -4.84. The number of aryl methyl sites for hydroxylation is 2. The minimum absolute atomic E-state index is 0.0532. The summed E-state index contributed by atoms with van der Waals surface area (Å²) >= 11 is 6.29. The van der Waals surface area contributed by atoms with Crippen molar-refractivity contribution in [3.8, 4) is 0 Å². The van der Waals surface area contributed by atoms with E-state index in [0.717, 1.165) is 5.56 Å². The van der Waals surface area contributed by atoms with E-state index in [2.05, 4.69) is 15.6 Å². The van der Waals surface area contributed by atoms with E-state index in [4.69, 9.17) is 11.6 Å². The van der Waals surface area contributed by atoms with Gasteiger partial charge in [0, 0.05) is 23.9 Å². The summed E-state index contributed by atoms with van der Waals surface area (Å²) in [6.07, 6.45) is -4.84. The molecule has 0 unspecified atom stereocenters. The molecule has 2 aromatic carbocycles. The number of fused-ring (bicyclic) bond motifs is 1. The first-order chi connectivity index (χ1) is 17.0. The Morgan fingerprint density at radius 3 is 2.47 bits per heavy atom. The second-order valence-electron chi connectivity index (χ2n) is 7.95. The Balaban J connectivity index is 1.86. The third-order valence-corrected chi connectivity index (χ3v) is 5.77. The molecule has 4 aromatic rings. The number of nitrogens with one attached hydrogen (secondary N) is 2. The first kappa shape index (κ1) is 25.2. The first-order valence-electron chi connectivity index (χ1n) is 10.7. The molecule has 0 fully saturated rings. The zero-order chi connectivity index (χ0) is 26.2. The maximum atomic E-state index is 13.9. The van der Waals surface area contributed by atoms with E-state index in [0.29, 0.717) is 29.4 Å². The van der Waals surface area contributed by atoms with E-state index in [1.807, 2.05) is 19.1 Å². The van der Waals surface area contributed by atoms with Crippen molar-refractivity contribution in [2.75, 3.05) is 10.6 Å². The summed E-state index contributed by atoms with van der Waals surface area (Å²) in [5.41, 5.74) is -0.109. The molecule has 2 N–H and O–H groups in total. The Bertz CT molecular complexity index is 1550. The van der Waals surface area contributed by atoms with Crippen LogP contribution in [-0.4, -0.2) is 15.5 Å². The van der Waals surface area contributed by atoms with Crippen molar-refractivity contribution in [2.24, 2.45) is 0 Å². The van der Waals surface area contributed by atoms with Crippen LogP contribution in [0.15, 0.2) is 59.4 Å². The fourth-order valence-electron chi connectivity index (χ4n) is 3.69. The Kier molecular flexibility index (Phi) is 6.73. The van der Waals surface area contributed by atoms with Gasteiger partial charge in [0.2, 0.25) is 0 Å². The number of carbonyl (C=O) groups excluding carboxylic acids is 1. The van der Waals surface area contributed by atoms with Crippen LogP contribution < -0.4 is 16.2 Å². The smallest absolute Gasteiger partial charge is 0.338 e. The highest BCUT2D eigenvalue weighted by Gasteiger charge is 2.32. The van der Waals surface area contributed by atoms with Crippen LogP contribution in [0.5, 0.6) is 0 Å². The molecule has 1 amide bonds. The van der Waals surface area contributed by atoms with Crippen molar-refractivity contribution < 1.29 is 22.4 Å². The molecule has 0 atom stereocenters. The number of carbonyl (C=O) groups is 1. The van der Waals surface area contributed by atoms with E-state index in [1.165, 1.54) is 16.7 Å². The standard InChI is InChI=1S/C25H19ClF4N4O2/c1-3-34-20-12-19(32-24(36)14-8-15(25(28,29)30)10-16(27)9-14)23(31-18-7-5-4-6-13(18)2)33-22(20)17(26)11-21(34)35/h4-12H,3H2,1-2H3,(H,31,33)(H,32,36). The lowest BCUT2D eigenvalue weighted by atomic mass is 10.1. The number of aromatic nitrogens is 2. The maximum Gasteiger partial charge on any atom is 0.416 e. The predicted molar refractivity (Wildman–Crippen MR) is 131 cm³/mol. The summed E-state index contributed by atoms with van der Waals surface area (Å²) in [4.78, 5) is 29.9. The van der Waals surface area contributed by atoms with Crippen LogP contribution in [0.2, 0.25) is 5.02 Å². The van der Waals surface area contributed by atoms with Crippen molar-refractivity contribution >= 4 is 45.7 Å². The van der Waals surface area contributed by atoms with E-state index >= 15 is 0 Å². The molecule has 0 spiro atoms. The molecular weight excluding hydrogens is 500 g/mol. The van der Waals surface area contributed by atoms with Gasteiger partial charge in [-0.1, -0.05) is 29.8 Å². The number of anilines is 3. The quantitative estimate of drug-likeness (QED) is 0.294. The van der Waals surface area contributed by atoms with Gasteiger partial charge in [-0.2, -0.15) is 13.2 Å². The number of benzene rings is 2. The zero-order valence-corrected chi connectivity index (χ0v) is 19.8. The number of para-hydroxylation sites is 1. The van der Waals surface area contributed by atoms with Gasteiger partial charge in [-0.15, -0.1) is 0 Å². The average Bonchev–Trinajstić information content (AvgIpc) is 2.80. The monoisotopic (exact) mass is 518 g/mol. The van der Waals surface area contributed by atoms with Crippen molar-refractivity contribution in [2.45, 2.75) is 26.6 Å². The fourth-order valence-corrected chi connectivity index (χ4v) is 3.93. The zero-order valence-electron chi connectivity index (χ0n) is 19.0. The van der Waals surface area contributed by atoms with E-state index < -0.39 is 34.6 Å². The van der Waals surface area contributed by atoms with Crippen LogP contribution in [-0.2, 0) is 12.7 Å². The molecule has 0 aliphatic carbocycles. The molecule has 186 valence electrons. The Labute approximate surface area is 207 Å². The van der Waals surface area contributed by atoms with Gasteiger partial charge in [-0.3, -0.25) is 9.59 Å². The van der Waals surface area contributed by atoms with Gasteiger partial charge in [0.15, 0.2) is 5.82 Å². The van der Waals surface area contributed by atoms with Crippen molar-refractivity contribution in [1.82, 2.24) is 9.55 Å². The molecule has 0 aliphatic rings. The molecular formula is C25H19ClF4N4O2. The van der Waals surface area contributed by atoms with Gasteiger partial charge in [-0.05, 0) is 49.7 Å². The van der Waals surface area contributed by atoms with E-state index in [-0.39, 0.29) is 28.6 Å². The van der Waals surface area contributed by atoms with Gasteiger partial charge in [0.1, 0.15) is 11.3 Å². The summed E-state index contributed by atoms with van der Waals surface area (Å²) in [6.45, 7) is 3.84. The number of pyridine rings is 2. The van der Waals surface area contributed by atoms with Gasteiger partial charge in [0.05, 0.1) is 21.8 Å².